The van der Waals surface area contributed by atoms with Crippen LogP contribution in [0.5, 0.6) is 0 Å². The van der Waals surface area contributed by atoms with Crippen LogP contribution < -0.4 is 0 Å². The third kappa shape index (κ3) is 3.99. The van der Waals surface area contributed by atoms with Crippen molar-refractivity contribution in [2.75, 3.05) is 13.2 Å². The molecule has 24 heavy (non-hydrogen) atoms. The number of hydrogen-bond donors (Lipinski definition) is 4. The maximum atomic E-state index is 12.1. The van der Waals surface area contributed by atoms with E-state index in [1.54, 1.807) is 12.1 Å². The quantitative estimate of drug-likeness (QED) is 0.297. The average molecular weight is 379 g/mol. The van der Waals surface area contributed by atoms with Crippen molar-refractivity contribution in [2.45, 2.75) is 12.0 Å². The molecule has 132 valence electrons. The van der Waals surface area contributed by atoms with Crippen LogP contribution in [-0.4, -0.2) is 55.0 Å². The van der Waals surface area contributed by atoms with Crippen LogP contribution in [0, 0.1) is 0 Å². The van der Waals surface area contributed by atoms with Crippen molar-refractivity contribution in [3.8, 4) is 0 Å². The van der Waals surface area contributed by atoms with Crippen LogP contribution in [0.1, 0.15) is 27.1 Å². The Balaban J connectivity index is 1.94. The molecule has 0 saturated heterocycles. The summed E-state index contributed by atoms with van der Waals surface area (Å²) in [6, 6.07) is 6.23. The molecule has 1 aromatic carbocycles. The number of ether oxygens (including phenoxy) is 1. The Hall–Kier alpha value is -1.38. The van der Waals surface area contributed by atoms with Crippen LogP contribution in [0.15, 0.2) is 24.3 Å². The van der Waals surface area contributed by atoms with E-state index in [1.165, 1.54) is 12.1 Å². The van der Waals surface area contributed by atoms with Crippen molar-refractivity contribution in [3.05, 3.63) is 35.4 Å². The van der Waals surface area contributed by atoms with E-state index in [9.17, 15) is 18.7 Å². The fourth-order valence-electron chi connectivity index (χ4n) is 2.24. The Kier molecular flexibility index (Phi) is 5.41. The van der Waals surface area contributed by atoms with E-state index >= 15 is 0 Å². The summed E-state index contributed by atoms with van der Waals surface area (Å²) >= 11 is 0. The zero-order chi connectivity index (χ0) is 18.1. The van der Waals surface area contributed by atoms with Gasteiger partial charge in [-0.05, 0) is 18.6 Å². The summed E-state index contributed by atoms with van der Waals surface area (Å²) in [5.41, 5.74) is -2.05. The molecule has 0 aromatic heterocycles. The summed E-state index contributed by atoms with van der Waals surface area (Å²) in [6.07, 6.45) is -0.0397. The van der Waals surface area contributed by atoms with E-state index in [1.807, 2.05) is 0 Å². The molecule has 2 amide bonds. The minimum Gasteiger partial charge on any atom is -0.355 e. The summed E-state index contributed by atoms with van der Waals surface area (Å²) in [7, 11) is -10.3. The van der Waals surface area contributed by atoms with Gasteiger partial charge in [-0.15, -0.1) is 0 Å². The predicted molar refractivity (Wildman–Crippen MR) is 80.3 cm³/mol. The summed E-state index contributed by atoms with van der Waals surface area (Å²) < 4.78 is 26.7. The Morgan fingerprint density at radius 1 is 0.958 bits per heavy atom. The van der Waals surface area contributed by atoms with Crippen molar-refractivity contribution < 1.29 is 43.0 Å². The lowest BCUT2D eigenvalue weighted by Gasteiger charge is -2.20. The van der Waals surface area contributed by atoms with Gasteiger partial charge in [0.25, 0.3) is 17.4 Å². The zero-order valence-corrected chi connectivity index (χ0v) is 14.0. The second-order valence-corrected chi connectivity index (χ2v) is 8.74. The fraction of sp³-hybridized carbons (Fsp3) is 0.333. The normalized spacial score (nSPS) is 15.3. The number of carbonyl (C=O) groups excluding carboxylic acids is 2. The lowest BCUT2D eigenvalue weighted by molar-refractivity contribution is 0.0614. The molecular formula is C12H15NO9P2. The van der Waals surface area contributed by atoms with Crippen molar-refractivity contribution >= 4 is 27.0 Å². The lowest BCUT2D eigenvalue weighted by atomic mass is 10.1. The molecule has 0 spiro atoms. The van der Waals surface area contributed by atoms with Crippen molar-refractivity contribution in [3.63, 3.8) is 0 Å². The highest BCUT2D eigenvalue weighted by atomic mass is 31.2. The number of hydrogen-bond acceptors (Lipinski definition) is 5. The van der Waals surface area contributed by atoms with Gasteiger partial charge in [0.2, 0.25) is 0 Å². The first-order chi connectivity index (χ1) is 11.0. The average Bonchev–Trinajstić information content (AvgIpc) is 2.69. The van der Waals surface area contributed by atoms with Crippen LogP contribution >= 0.6 is 15.2 Å². The molecule has 1 aliphatic heterocycles. The first-order valence-electron chi connectivity index (χ1n) is 6.70. The monoisotopic (exact) mass is 379 g/mol. The molecule has 0 bridgehead atoms. The van der Waals surface area contributed by atoms with E-state index in [0.717, 1.165) is 4.90 Å². The fourth-order valence-corrected chi connectivity index (χ4v) is 4.41. The van der Waals surface area contributed by atoms with Crippen LogP contribution in [0.3, 0.4) is 0 Å². The van der Waals surface area contributed by atoms with E-state index in [2.05, 4.69) is 4.74 Å². The molecule has 0 aliphatic carbocycles. The number of fused-ring (bicyclic) bond motifs is 1. The predicted octanol–water partition coefficient (Wildman–Crippen LogP) is 0.328. The molecule has 2 rings (SSSR count). The van der Waals surface area contributed by atoms with Crippen molar-refractivity contribution in [1.82, 2.24) is 4.90 Å². The third-order valence-corrected chi connectivity index (χ3v) is 6.50. The molecule has 1 aliphatic rings. The number of carbonyl (C=O) groups is 2. The molecule has 0 saturated carbocycles. The Morgan fingerprint density at radius 2 is 1.42 bits per heavy atom. The minimum absolute atomic E-state index is 0.0397. The maximum Gasteiger partial charge on any atom is 0.366 e. The van der Waals surface area contributed by atoms with Crippen LogP contribution in [0.2, 0.25) is 0 Å². The van der Waals surface area contributed by atoms with Crippen LogP contribution in [0.4, 0.5) is 0 Å². The zero-order valence-electron chi connectivity index (χ0n) is 12.2. The van der Waals surface area contributed by atoms with Gasteiger partial charge in [0, 0.05) is 6.54 Å². The highest BCUT2D eigenvalue weighted by molar-refractivity contribution is 7.70. The van der Waals surface area contributed by atoms with E-state index in [-0.39, 0.29) is 24.1 Å². The topological polar surface area (TPSA) is 162 Å². The molecule has 1 heterocycles. The molecule has 1 aromatic rings. The van der Waals surface area contributed by atoms with E-state index in [4.69, 9.17) is 19.6 Å². The van der Waals surface area contributed by atoms with Gasteiger partial charge in [-0.1, -0.05) is 12.1 Å². The van der Waals surface area contributed by atoms with Crippen LogP contribution in [-0.2, 0) is 13.9 Å². The van der Waals surface area contributed by atoms with Gasteiger partial charge < -0.3 is 24.3 Å². The number of amides is 2. The van der Waals surface area contributed by atoms with Crippen molar-refractivity contribution in [2.24, 2.45) is 0 Å². The first kappa shape index (κ1) is 19.0. The standard InChI is InChI=1S/C12H15NO9P2/c14-10-8-4-1-2-5-9(8)11(15)13(10)6-3-7-22-12(23(16,17)18)24(19,20)21/h1-2,4-5,12H,3,6-7H2,(H2,16,17,18)(H2,19,20,21). The van der Waals surface area contributed by atoms with Gasteiger partial charge in [0.15, 0.2) is 0 Å². The maximum absolute atomic E-state index is 12.1. The van der Waals surface area contributed by atoms with Gasteiger partial charge in [-0.3, -0.25) is 23.6 Å². The molecular weight excluding hydrogens is 364 g/mol. The molecule has 10 nitrogen and oxygen atoms in total. The summed E-state index contributed by atoms with van der Waals surface area (Å²) in [6.45, 7) is -0.560. The largest absolute Gasteiger partial charge is 0.366 e. The smallest absolute Gasteiger partial charge is 0.355 e. The second-order valence-electron chi connectivity index (χ2n) is 5.04. The Morgan fingerprint density at radius 3 is 1.83 bits per heavy atom. The van der Waals surface area contributed by atoms with Gasteiger partial charge in [0.05, 0.1) is 17.7 Å². The van der Waals surface area contributed by atoms with Gasteiger partial charge in [0.1, 0.15) is 0 Å². The van der Waals surface area contributed by atoms with Crippen molar-refractivity contribution in [1.29, 1.82) is 0 Å². The number of rotatable bonds is 7. The molecule has 0 atom stereocenters. The van der Waals surface area contributed by atoms with E-state index in [0.29, 0.717) is 0 Å². The number of imide groups is 1. The number of nitrogens with zero attached hydrogens (tertiary/aromatic N) is 1. The second kappa shape index (κ2) is 6.85. The molecule has 4 N–H and O–H groups in total. The summed E-state index contributed by atoms with van der Waals surface area (Å²) in [5, 5.41) is 0. The molecule has 12 heteroatoms. The minimum atomic E-state index is -5.17. The lowest BCUT2D eigenvalue weighted by Crippen LogP contribution is -2.31. The Bertz CT molecular complexity index is 696. The van der Waals surface area contributed by atoms with Gasteiger partial charge in [-0.2, -0.15) is 0 Å². The van der Waals surface area contributed by atoms with Gasteiger partial charge in [-0.25, -0.2) is 0 Å². The third-order valence-electron chi connectivity index (χ3n) is 3.25. The molecule has 0 unspecified atom stereocenters. The SMILES string of the molecule is O=C1c2ccccc2C(=O)N1CCCOC(P(=O)(O)O)P(=O)(O)O. The molecule has 0 radical (unpaired) electrons. The van der Waals surface area contributed by atoms with E-state index < -0.39 is 39.2 Å². The molecule has 0 fully saturated rings. The van der Waals surface area contributed by atoms with Gasteiger partial charge >= 0.3 is 15.2 Å². The Labute approximate surface area is 136 Å². The summed E-state index contributed by atoms with van der Waals surface area (Å²) in [4.78, 5) is 60.7. The first-order valence-corrected chi connectivity index (χ1v) is 10.1. The highest BCUT2D eigenvalue weighted by Gasteiger charge is 2.44. The number of benzene rings is 1. The van der Waals surface area contributed by atoms with Crippen LogP contribution in [0.25, 0.3) is 0 Å². The summed E-state index contributed by atoms with van der Waals surface area (Å²) in [5.74, 6) is -1.01. The highest BCUT2D eigenvalue weighted by Crippen LogP contribution is 2.60.